The highest BCUT2D eigenvalue weighted by Gasteiger charge is 2.27. The average molecular weight is 405 g/mol. The number of carbonyl (C=O) groups is 2. The standard InChI is InChI=1S/C20H23NO6S/c1-24-13-9-11(10-14(25-2)17(13)26-3)18(22)21-19-16(20(23)27-4)12-7-5-6-8-15(12)28-19/h9-10H,5-8H2,1-4H3,(H,21,22). The molecule has 1 aliphatic carbocycles. The number of methoxy groups -OCH3 is 4. The summed E-state index contributed by atoms with van der Waals surface area (Å²) in [7, 11) is 5.82. The lowest BCUT2D eigenvalue weighted by atomic mass is 9.95. The van der Waals surface area contributed by atoms with Crippen LogP contribution < -0.4 is 19.5 Å². The molecule has 0 spiro atoms. The summed E-state index contributed by atoms with van der Waals surface area (Å²) in [6, 6.07) is 3.14. The minimum Gasteiger partial charge on any atom is -0.493 e. The zero-order valence-corrected chi connectivity index (χ0v) is 17.2. The van der Waals surface area contributed by atoms with Crippen LogP contribution in [0.2, 0.25) is 0 Å². The van der Waals surface area contributed by atoms with Gasteiger partial charge in [-0.2, -0.15) is 0 Å². The van der Waals surface area contributed by atoms with Crippen molar-refractivity contribution in [3.8, 4) is 17.2 Å². The van der Waals surface area contributed by atoms with Crippen molar-refractivity contribution in [3.05, 3.63) is 33.7 Å². The first kappa shape index (κ1) is 20.0. The molecule has 0 fully saturated rings. The Bertz CT molecular complexity index is 879. The number of ether oxygens (including phenoxy) is 4. The highest BCUT2D eigenvalue weighted by molar-refractivity contribution is 7.17. The van der Waals surface area contributed by atoms with Crippen molar-refractivity contribution in [1.82, 2.24) is 0 Å². The predicted octanol–water partition coefficient (Wildman–Crippen LogP) is 3.69. The predicted molar refractivity (Wildman–Crippen MR) is 106 cm³/mol. The lowest BCUT2D eigenvalue weighted by Crippen LogP contribution is -2.15. The van der Waals surface area contributed by atoms with Gasteiger partial charge in [-0.05, 0) is 43.4 Å². The van der Waals surface area contributed by atoms with Crippen molar-refractivity contribution in [2.45, 2.75) is 25.7 Å². The van der Waals surface area contributed by atoms with Crippen LogP contribution in [-0.4, -0.2) is 40.3 Å². The summed E-state index contributed by atoms with van der Waals surface area (Å²) in [6.45, 7) is 0. The van der Waals surface area contributed by atoms with Crippen LogP contribution in [0.3, 0.4) is 0 Å². The maximum absolute atomic E-state index is 12.9. The third-order valence-corrected chi connectivity index (χ3v) is 5.92. The summed E-state index contributed by atoms with van der Waals surface area (Å²) < 4.78 is 20.9. The third-order valence-electron chi connectivity index (χ3n) is 4.71. The van der Waals surface area contributed by atoms with E-state index in [1.807, 2.05) is 0 Å². The number of thiophene rings is 1. The molecule has 8 heteroatoms. The zero-order valence-electron chi connectivity index (χ0n) is 16.3. The topological polar surface area (TPSA) is 83.1 Å². The molecule has 7 nitrogen and oxygen atoms in total. The summed E-state index contributed by atoms with van der Waals surface area (Å²) in [4.78, 5) is 26.4. The van der Waals surface area contributed by atoms with E-state index >= 15 is 0 Å². The van der Waals surface area contributed by atoms with Gasteiger partial charge in [0, 0.05) is 10.4 Å². The molecule has 1 aliphatic rings. The second-order valence-corrected chi connectivity index (χ2v) is 7.38. The van der Waals surface area contributed by atoms with E-state index in [4.69, 9.17) is 18.9 Å². The molecule has 0 saturated carbocycles. The molecule has 0 unspecified atom stereocenters. The van der Waals surface area contributed by atoms with Gasteiger partial charge in [0.1, 0.15) is 5.00 Å². The Balaban J connectivity index is 1.98. The fraction of sp³-hybridized carbons (Fsp3) is 0.400. The average Bonchev–Trinajstić information content (AvgIpc) is 3.09. The fourth-order valence-corrected chi connectivity index (χ4v) is 4.63. The Labute approximate surface area is 167 Å². The molecule has 150 valence electrons. The number of esters is 1. The molecule has 0 radical (unpaired) electrons. The SMILES string of the molecule is COC(=O)c1c(NC(=O)c2cc(OC)c(OC)c(OC)c2)sc2c1CCCC2. The first-order valence-corrected chi connectivity index (χ1v) is 9.69. The Hall–Kier alpha value is -2.74. The lowest BCUT2D eigenvalue weighted by molar-refractivity contribution is 0.0601. The number of carbonyl (C=O) groups excluding carboxylic acids is 2. The van der Waals surface area contributed by atoms with Gasteiger partial charge in [0.15, 0.2) is 11.5 Å². The number of nitrogens with one attached hydrogen (secondary N) is 1. The monoisotopic (exact) mass is 405 g/mol. The van der Waals surface area contributed by atoms with Gasteiger partial charge in [-0.25, -0.2) is 4.79 Å². The van der Waals surface area contributed by atoms with Gasteiger partial charge < -0.3 is 24.3 Å². The lowest BCUT2D eigenvalue weighted by Gasteiger charge is -2.14. The molecule has 28 heavy (non-hydrogen) atoms. The second-order valence-electron chi connectivity index (χ2n) is 6.27. The Kier molecular flexibility index (Phi) is 6.08. The zero-order chi connectivity index (χ0) is 20.3. The third kappa shape index (κ3) is 3.64. The van der Waals surface area contributed by atoms with Gasteiger partial charge in [-0.3, -0.25) is 4.79 Å². The molecule has 1 N–H and O–H groups in total. The second kappa shape index (κ2) is 8.52. The summed E-state index contributed by atoms with van der Waals surface area (Å²) in [6.07, 6.45) is 3.82. The van der Waals surface area contributed by atoms with Crippen molar-refractivity contribution in [1.29, 1.82) is 0 Å². The van der Waals surface area contributed by atoms with Crippen molar-refractivity contribution < 1.29 is 28.5 Å². The van der Waals surface area contributed by atoms with Crippen LogP contribution in [0.5, 0.6) is 17.2 Å². The largest absolute Gasteiger partial charge is 0.493 e. The molecule has 1 aromatic carbocycles. The van der Waals surface area contributed by atoms with Crippen molar-refractivity contribution in [2.75, 3.05) is 33.8 Å². The maximum Gasteiger partial charge on any atom is 0.341 e. The van der Waals surface area contributed by atoms with Crippen LogP contribution in [-0.2, 0) is 17.6 Å². The summed E-state index contributed by atoms with van der Waals surface area (Å²) >= 11 is 1.44. The minimum atomic E-state index is -0.431. The first-order valence-electron chi connectivity index (χ1n) is 8.88. The minimum absolute atomic E-state index is 0.330. The fourth-order valence-electron chi connectivity index (χ4n) is 3.36. The van der Waals surface area contributed by atoms with Crippen LogP contribution >= 0.6 is 11.3 Å². The molecular weight excluding hydrogens is 382 g/mol. The summed E-state index contributed by atoms with van der Waals surface area (Å²) in [5.74, 6) is 0.363. The Morgan fingerprint density at radius 2 is 1.61 bits per heavy atom. The first-order chi connectivity index (χ1) is 13.5. The van der Waals surface area contributed by atoms with Gasteiger partial charge in [0.25, 0.3) is 5.91 Å². The quantitative estimate of drug-likeness (QED) is 0.738. The molecule has 1 amide bonds. The summed E-state index contributed by atoms with van der Waals surface area (Å²) in [5.41, 5.74) is 1.78. The number of rotatable bonds is 6. The van der Waals surface area contributed by atoms with E-state index in [-0.39, 0.29) is 5.91 Å². The number of anilines is 1. The van der Waals surface area contributed by atoms with E-state index in [0.717, 1.165) is 36.1 Å². The van der Waals surface area contributed by atoms with E-state index in [1.54, 1.807) is 12.1 Å². The number of amides is 1. The van der Waals surface area contributed by atoms with E-state index in [0.29, 0.717) is 33.4 Å². The van der Waals surface area contributed by atoms with E-state index in [2.05, 4.69) is 5.32 Å². The van der Waals surface area contributed by atoms with Gasteiger partial charge in [0.05, 0.1) is 34.0 Å². The van der Waals surface area contributed by atoms with Crippen LogP contribution in [0, 0.1) is 0 Å². The van der Waals surface area contributed by atoms with E-state index < -0.39 is 5.97 Å². The van der Waals surface area contributed by atoms with Gasteiger partial charge in [-0.15, -0.1) is 11.3 Å². The van der Waals surface area contributed by atoms with Crippen molar-refractivity contribution in [3.63, 3.8) is 0 Å². The van der Waals surface area contributed by atoms with Crippen molar-refractivity contribution >= 4 is 28.2 Å². The maximum atomic E-state index is 12.9. The van der Waals surface area contributed by atoms with E-state index in [1.165, 1.54) is 39.8 Å². The molecule has 0 bridgehead atoms. The molecular formula is C20H23NO6S. The number of hydrogen-bond acceptors (Lipinski definition) is 7. The normalized spacial score (nSPS) is 12.7. The number of benzene rings is 1. The molecule has 1 aromatic heterocycles. The van der Waals surface area contributed by atoms with Gasteiger partial charge in [0.2, 0.25) is 5.75 Å². The van der Waals surface area contributed by atoms with E-state index in [9.17, 15) is 9.59 Å². The molecule has 0 atom stereocenters. The van der Waals surface area contributed by atoms with Crippen LogP contribution in [0.1, 0.15) is 44.0 Å². The highest BCUT2D eigenvalue weighted by Crippen LogP contribution is 2.40. The van der Waals surface area contributed by atoms with Crippen molar-refractivity contribution in [2.24, 2.45) is 0 Å². The number of aryl methyl sites for hydroxylation is 1. The number of hydrogen-bond donors (Lipinski definition) is 1. The molecule has 0 aliphatic heterocycles. The van der Waals surface area contributed by atoms with Gasteiger partial charge >= 0.3 is 5.97 Å². The smallest absolute Gasteiger partial charge is 0.341 e. The summed E-state index contributed by atoms with van der Waals surface area (Å²) in [5, 5.41) is 3.38. The van der Waals surface area contributed by atoms with Crippen LogP contribution in [0.4, 0.5) is 5.00 Å². The van der Waals surface area contributed by atoms with Gasteiger partial charge in [-0.1, -0.05) is 0 Å². The molecule has 2 aromatic rings. The highest BCUT2D eigenvalue weighted by atomic mass is 32.1. The number of fused-ring (bicyclic) bond motifs is 1. The Morgan fingerprint density at radius 1 is 0.964 bits per heavy atom. The molecule has 3 rings (SSSR count). The van der Waals surface area contributed by atoms with Crippen LogP contribution in [0.15, 0.2) is 12.1 Å². The Morgan fingerprint density at radius 3 is 2.18 bits per heavy atom. The van der Waals surface area contributed by atoms with Crippen LogP contribution in [0.25, 0.3) is 0 Å². The molecule has 0 saturated heterocycles. The molecule has 1 heterocycles.